The molecule has 0 aliphatic carbocycles. The molecule has 0 spiro atoms. The van der Waals surface area contributed by atoms with Gasteiger partial charge in [-0.25, -0.2) is 9.38 Å². The fraction of sp³-hybridized carbons (Fsp3) is 0.270. The number of likely N-dealkylation sites (N-methyl/N-ethyl adjacent to an activating group) is 1. The first-order valence-electron chi connectivity index (χ1n) is 15.4. The summed E-state index contributed by atoms with van der Waals surface area (Å²) < 4.78 is 21.2. The molecule has 1 aliphatic heterocycles. The van der Waals surface area contributed by atoms with Crippen LogP contribution in [0.1, 0.15) is 55.0 Å². The number of hydrogen-bond acceptors (Lipinski definition) is 4. The number of carbonyl (C=O) groups is 2. The molecule has 1 heterocycles. The Morgan fingerprint density at radius 3 is 2.17 bits per heavy atom. The van der Waals surface area contributed by atoms with Gasteiger partial charge in [-0.1, -0.05) is 111 Å². The molecule has 0 unspecified atom stereocenters. The lowest BCUT2D eigenvalue weighted by atomic mass is 9.88. The minimum atomic E-state index is -2.55. The molecule has 244 valence electrons. The SMILES string of the molecule is CN1C(=O)[C@@H](NC(=O)[C@H](c2ccc(F)cc2)[C@@H](O[Si](C)(C)C(C)(C)C)c2ccc(Cl)c(Cl)c2)N=C(c2ccccc2)c2ccccc21. The van der Waals surface area contributed by atoms with Gasteiger partial charge >= 0.3 is 0 Å². The first kappa shape index (κ1) is 34.5. The number of benzodiazepines with no additional fused rings is 1. The number of nitrogens with one attached hydrogen (secondary N) is 1. The van der Waals surface area contributed by atoms with E-state index in [1.54, 1.807) is 37.4 Å². The maximum atomic E-state index is 14.7. The predicted octanol–water partition coefficient (Wildman–Crippen LogP) is 8.94. The molecule has 0 saturated heterocycles. The fourth-order valence-electron chi connectivity index (χ4n) is 5.31. The number of hydrogen-bond donors (Lipinski definition) is 1. The van der Waals surface area contributed by atoms with Gasteiger partial charge in [0, 0.05) is 18.2 Å². The van der Waals surface area contributed by atoms with Crippen molar-refractivity contribution in [3.8, 4) is 0 Å². The first-order valence-corrected chi connectivity index (χ1v) is 19.0. The smallest absolute Gasteiger partial charge is 0.272 e. The minimum Gasteiger partial charge on any atom is -0.409 e. The summed E-state index contributed by atoms with van der Waals surface area (Å²) in [6.07, 6.45) is -2.12. The van der Waals surface area contributed by atoms with Crippen molar-refractivity contribution in [3.05, 3.63) is 135 Å². The highest BCUT2D eigenvalue weighted by atomic mass is 35.5. The molecule has 47 heavy (non-hydrogen) atoms. The van der Waals surface area contributed by atoms with Gasteiger partial charge in [0.1, 0.15) is 5.82 Å². The summed E-state index contributed by atoms with van der Waals surface area (Å²) in [6.45, 7) is 10.5. The van der Waals surface area contributed by atoms with Crippen molar-refractivity contribution in [2.75, 3.05) is 11.9 Å². The Hall–Kier alpha value is -3.82. The first-order chi connectivity index (χ1) is 22.2. The molecule has 4 aromatic carbocycles. The van der Waals surface area contributed by atoms with Crippen molar-refractivity contribution < 1.29 is 18.4 Å². The van der Waals surface area contributed by atoms with Crippen LogP contribution in [-0.4, -0.2) is 39.1 Å². The van der Waals surface area contributed by atoms with Crippen molar-refractivity contribution in [1.82, 2.24) is 5.32 Å². The number of nitrogens with zero attached hydrogens (tertiary/aromatic N) is 2. The fourth-order valence-corrected chi connectivity index (χ4v) is 6.88. The second-order valence-electron chi connectivity index (χ2n) is 13.2. The van der Waals surface area contributed by atoms with Gasteiger partial charge < -0.3 is 14.6 Å². The van der Waals surface area contributed by atoms with Crippen molar-refractivity contribution in [3.63, 3.8) is 0 Å². The zero-order valence-corrected chi connectivity index (χ0v) is 29.7. The van der Waals surface area contributed by atoms with Crippen molar-refractivity contribution in [2.24, 2.45) is 4.99 Å². The average Bonchev–Trinajstić information content (AvgIpc) is 3.13. The lowest BCUT2D eigenvalue weighted by Gasteiger charge is -2.41. The molecule has 0 bridgehead atoms. The summed E-state index contributed by atoms with van der Waals surface area (Å²) in [7, 11) is -0.883. The Bertz CT molecular complexity index is 1810. The van der Waals surface area contributed by atoms with Gasteiger partial charge in [0.25, 0.3) is 5.91 Å². The third-order valence-corrected chi connectivity index (χ3v) is 14.2. The van der Waals surface area contributed by atoms with Gasteiger partial charge in [-0.05, 0) is 59.6 Å². The summed E-state index contributed by atoms with van der Waals surface area (Å²) in [4.78, 5) is 35.1. The van der Waals surface area contributed by atoms with E-state index < -0.39 is 44.1 Å². The summed E-state index contributed by atoms with van der Waals surface area (Å²) in [6, 6.07) is 27.9. The Morgan fingerprint density at radius 1 is 0.915 bits per heavy atom. The van der Waals surface area contributed by atoms with Crippen LogP contribution in [0.4, 0.5) is 10.1 Å². The molecule has 0 saturated carbocycles. The van der Waals surface area contributed by atoms with Crippen LogP contribution in [-0.2, 0) is 14.0 Å². The lowest BCUT2D eigenvalue weighted by Crippen LogP contribution is -2.49. The number of para-hydroxylation sites is 1. The standard InChI is InChI=1S/C37H38Cl2FN3O3Si/c1-37(2,3)47(5,6)46-33(25-18-21-28(38)29(39)22-25)31(23-16-19-26(40)20-17-23)35(44)42-34-36(45)43(4)30-15-11-10-14-27(30)32(41-34)24-12-8-7-9-13-24/h7-22,31,33-34H,1-6H3,(H,42,44)/t31-,33+,34-/m1/s1. The Labute approximate surface area is 286 Å². The second kappa shape index (κ2) is 13.7. The van der Waals surface area contributed by atoms with Crippen LogP contribution in [0.25, 0.3) is 0 Å². The number of aliphatic imine (C=N–C) groups is 1. The van der Waals surface area contributed by atoms with Crippen LogP contribution in [0.3, 0.4) is 0 Å². The van der Waals surface area contributed by atoms with Gasteiger partial charge in [0.15, 0.2) is 8.32 Å². The zero-order chi connectivity index (χ0) is 34.1. The number of fused-ring (bicyclic) bond motifs is 1. The Kier molecular flexibility index (Phi) is 10.1. The van der Waals surface area contributed by atoms with Gasteiger partial charge in [-0.2, -0.15) is 0 Å². The maximum Gasteiger partial charge on any atom is 0.272 e. The number of rotatable bonds is 8. The maximum absolute atomic E-state index is 14.7. The highest BCUT2D eigenvalue weighted by molar-refractivity contribution is 6.74. The van der Waals surface area contributed by atoms with Gasteiger partial charge in [-0.15, -0.1) is 0 Å². The van der Waals surface area contributed by atoms with E-state index in [2.05, 4.69) is 39.2 Å². The molecule has 4 aromatic rings. The summed E-state index contributed by atoms with van der Waals surface area (Å²) in [5, 5.41) is 3.40. The van der Waals surface area contributed by atoms with E-state index in [1.165, 1.54) is 17.0 Å². The largest absolute Gasteiger partial charge is 0.409 e. The molecule has 1 aliphatic rings. The molecule has 0 fully saturated rings. The van der Waals surface area contributed by atoms with Gasteiger partial charge in [0.2, 0.25) is 12.1 Å². The third-order valence-electron chi connectivity index (χ3n) is 8.98. The van der Waals surface area contributed by atoms with Crippen LogP contribution in [0.2, 0.25) is 28.2 Å². The normalized spacial score (nSPS) is 16.5. The zero-order valence-electron chi connectivity index (χ0n) is 27.2. The molecule has 5 rings (SSSR count). The summed E-state index contributed by atoms with van der Waals surface area (Å²) >= 11 is 12.8. The van der Waals surface area contributed by atoms with E-state index in [-0.39, 0.29) is 5.04 Å². The molecule has 0 radical (unpaired) electrons. The van der Waals surface area contributed by atoms with Crippen molar-refractivity contribution in [2.45, 2.75) is 57.1 Å². The number of halogens is 3. The minimum absolute atomic E-state index is 0.216. The van der Waals surface area contributed by atoms with Gasteiger partial charge in [0.05, 0.1) is 33.5 Å². The van der Waals surface area contributed by atoms with E-state index in [9.17, 15) is 14.0 Å². The highest BCUT2D eigenvalue weighted by Gasteiger charge is 2.44. The molecular weight excluding hydrogens is 652 g/mol. The molecule has 6 nitrogen and oxygen atoms in total. The van der Waals surface area contributed by atoms with E-state index in [0.29, 0.717) is 32.6 Å². The van der Waals surface area contributed by atoms with Crippen LogP contribution in [0.15, 0.2) is 102 Å². The number of carbonyl (C=O) groups excluding carboxylic acids is 2. The molecular formula is C37H38Cl2FN3O3Si. The number of benzene rings is 4. The van der Waals surface area contributed by atoms with E-state index in [4.69, 9.17) is 32.6 Å². The topological polar surface area (TPSA) is 71.0 Å². The monoisotopic (exact) mass is 689 g/mol. The van der Waals surface area contributed by atoms with E-state index >= 15 is 0 Å². The molecule has 10 heteroatoms. The molecule has 0 aromatic heterocycles. The number of amides is 2. The second-order valence-corrected chi connectivity index (χ2v) is 18.7. The quantitative estimate of drug-likeness (QED) is 0.188. The predicted molar refractivity (Wildman–Crippen MR) is 190 cm³/mol. The Balaban J connectivity index is 1.65. The van der Waals surface area contributed by atoms with Crippen LogP contribution in [0.5, 0.6) is 0 Å². The molecule has 1 N–H and O–H groups in total. The summed E-state index contributed by atoms with van der Waals surface area (Å²) in [5.41, 5.74) is 3.93. The Morgan fingerprint density at radius 2 is 1.53 bits per heavy atom. The van der Waals surface area contributed by atoms with E-state index in [0.717, 1.165) is 11.1 Å². The average molecular weight is 691 g/mol. The van der Waals surface area contributed by atoms with Crippen LogP contribution < -0.4 is 10.2 Å². The number of anilines is 1. The highest BCUT2D eigenvalue weighted by Crippen LogP contribution is 2.45. The van der Waals surface area contributed by atoms with Crippen molar-refractivity contribution in [1.29, 1.82) is 0 Å². The lowest BCUT2D eigenvalue weighted by molar-refractivity contribution is -0.129. The molecule has 2 amide bonds. The third kappa shape index (κ3) is 7.36. The van der Waals surface area contributed by atoms with Crippen LogP contribution >= 0.6 is 23.2 Å². The van der Waals surface area contributed by atoms with Crippen molar-refractivity contribution >= 4 is 54.7 Å². The van der Waals surface area contributed by atoms with Crippen LogP contribution in [0, 0.1) is 5.82 Å². The van der Waals surface area contributed by atoms with E-state index in [1.807, 2.05) is 54.6 Å². The summed E-state index contributed by atoms with van der Waals surface area (Å²) in [5.74, 6) is -2.38. The van der Waals surface area contributed by atoms with Gasteiger partial charge in [-0.3, -0.25) is 9.59 Å². The molecule has 3 atom stereocenters.